The Kier molecular flexibility index (Phi) is 4.24. The van der Waals surface area contributed by atoms with Crippen LogP contribution in [0.1, 0.15) is 20.8 Å². The largest absolute Gasteiger partial charge is 0.481 e. The SMILES string of the molecule is CC(C)(C)C(C(=O)O)C(=O)Nc1cccc(F)c1F. The number of carboxylic acids is 1. The van der Waals surface area contributed by atoms with Crippen LogP contribution >= 0.6 is 0 Å². The molecule has 0 aliphatic heterocycles. The van der Waals surface area contributed by atoms with E-state index in [1.165, 1.54) is 6.07 Å². The zero-order chi connectivity index (χ0) is 14.8. The van der Waals surface area contributed by atoms with Crippen molar-refractivity contribution < 1.29 is 23.5 Å². The first-order valence-electron chi connectivity index (χ1n) is 5.62. The molecule has 1 aromatic carbocycles. The van der Waals surface area contributed by atoms with Crippen LogP contribution in [-0.2, 0) is 9.59 Å². The van der Waals surface area contributed by atoms with Gasteiger partial charge in [0, 0.05) is 0 Å². The summed E-state index contributed by atoms with van der Waals surface area (Å²) in [6.45, 7) is 4.73. The maximum Gasteiger partial charge on any atom is 0.316 e. The molecular weight excluding hydrogens is 256 g/mol. The number of carbonyl (C=O) groups excluding carboxylic acids is 1. The second-order valence-electron chi connectivity index (χ2n) is 5.23. The van der Waals surface area contributed by atoms with Gasteiger partial charge in [0.2, 0.25) is 5.91 Å². The molecule has 1 amide bonds. The Hall–Kier alpha value is -1.98. The van der Waals surface area contributed by atoms with E-state index in [4.69, 9.17) is 5.11 Å². The summed E-state index contributed by atoms with van der Waals surface area (Å²) in [5.74, 6) is -5.89. The van der Waals surface area contributed by atoms with Gasteiger partial charge < -0.3 is 10.4 Å². The fourth-order valence-corrected chi connectivity index (χ4v) is 1.68. The molecule has 0 aromatic heterocycles. The van der Waals surface area contributed by atoms with E-state index in [-0.39, 0.29) is 5.69 Å². The number of anilines is 1. The van der Waals surface area contributed by atoms with Crippen LogP contribution in [0.3, 0.4) is 0 Å². The molecule has 0 spiro atoms. The molecule has 0 saturated carbocycles. The lowest BCUT2D eigenvalue weighted by molar-refractivity contribution is -0.149. The molecule has 1 atom stereocenters. The normalized spacial score (nSPS) is 12.9. The van der Waals surface area contributed by atoms with Crippen LogP contribution in [0, 0.1) is 23.0 Å². The van der Waals surface area contributed by atoms with Gasteiger partial charge >= 0.3 is 5.97 Å². The predicted octanol–water partition coefficient (Wildman–Crippen LogP) is 2.65. The lowest BCUT2D eigenvalue weighted by Gasteiger charge is -2.25. The molecule has 0 bridgehead atoms. The smallest absolute Gasteiger partial charge is 0.316 e. The van der Waals surface area contributed by atoms with Crippen molar-refractivity contribution >= 4 is 17.6 Å². The van der Waals surface area contributed by atoms with E-state index in [9.17, 15) is 18.4 Å². The standard InChI is InChI=1S/C13H15F2NO3/c1-13(2,3)9(12(18)19)11(17)16-8-6-4-5-7(14)10(8)15/h4-6,9H,1-3H3,(H,16,17)(H,18,19). The second kappa shape index (κ2) is 5.34. The highest BCUT2D eigenvalue weighted by Gasteiger charge is 2.38. The van der Waals surface area contributed by atoms with Crippen LogP contribution in [0.4, 0.5) is 14.5 Å². The monoisotopic (exact) mass is 271 g/mol. The maximum absolute atomic E-state index is 13.4. The zero-order valence-electron chi connectivity index (χ0n) is 10.8. The summed E-state index contributed by atoms with van der Waals surface area (Å²) in [6, 6.07) is 3.29. The third kappa shape index (κ3) is 3.49. The Morgan fingerprint density at radius 1 is 1.26 bits per heavy atom. The minimum absolute atomic E-state index is 0.375. The van der Waals surface area contributed by atoms with Gasteiger partial charge in [-0.3, -0.25) is 9.59 Å². The average molecular weight is 271 g/mol. The molecular formula is C13H15F2NO3. The first kappa shape index (κ1) is 15.1. The number of hydrogen-bond donors (Lipinski definition) is 2. The van der Waals surface area contributed by atoms with Gasteiger partial charge in [-0.1, -0.05) is 26.8 Å². The van der Waals surface area contributed by atoms with Gasteiger partial charge in [-0.15, -0.1) is 0 Å². The molecule has 0 saturated heterocycles. The minimum Gasteiger partial charge on any atom is -0.481 e. The molecule has 1 unspecified atom stereocenters. The lowest BCUT2D eigenvalue weighted by Crippen LogP contribution is -2.39. The van der Waals surface area contributed by atoms with E-state index in [0.717, 1.165) is 12.1 Å². The summed E-state index contributed by atoms with van der Waals surface area (Å²) in [4.78, 5) is 23.0. The lowest BCUT2D eigenvalue weighted by atomic mass is 9.80. The molecule has 1 aromatic rings. The highest BCUT2D eigenvalue weighted by molar-refractivity contribution is 6.04. The third-order valence-corrected chi connectivity index (χ3v) is 2.58. The molecule has 1 rings (SSSR count). The van der Waals surface area contributed by atoms with Crippen molar-refractivity contribution in [1.82, 2.24) is 0 Å². The van der Waals surface area contributed by atoms with Crippen LogP contribution in [0.2, 0.25) is 0 Å². The summed E-state index contributed by atoms with van der Waals surface area (Å²) in [5.41, 5.74) is -1.22. The van der Waals surface area contributed by atoms with E-state index in [1.54, 1.807) is 20.8 Å². The molecule has 0 fully saturated rings. The van der Waals surface area contributed by atoms with Gasteiger partial charge in [0.15, 0.2) is 11.6 Å². The summed E-state index contributed by atoms with van der Waals surface area (Å²) in [6.07, 6.45) is 0. The van der Waals surface area contributed by atoms with Gasteiger partial charge in [0.05, 0.1) is 5.69 Å². The first-order chi connectivity index (χ1) is 8.64. The average Bonchev–Trinajstić information content (AvgIpc) is 2.22. The summed E-state index contributed by atoms with van der Waals surface area (Å²) in [5, 5.41) is 11.2. The van der Waals surface area contributed by atoms with Gasteiger partial charge in [0.1, 0.15) is 5.92 Å². The molecule has 0 aliphatic rings. The molecule has 19 heavy (non-hydrogen) atoms. The summed E-state index contributed by atoms with van der Waals surface area (Å²) < 4.78 is 26.4. The van der Waals surface area contributed by atoms with Gasteiger partial charge in [-0.05, 0) is 17.5 Å². The summed E-state index contributed by atoms with van der Waals surface area (Å²) in [7, 11) is 0. The second-order valence-corrected chi connectivity index (χ2v) is 5.23. The fraction of sp³-hybridized carbons (Fsp3) is 0.385. The Morgan fingerprint density at radius 2 is 1.84 bits per heavy atom. The van der Waals surface area contributed by atoms with Crippen LogP contribution in [0.25, 0.3) is 0 Å². The van der Waals surface area contributed by atoms with Crippen molar-refractivity contribution in [2.24, 2.45) is 11.3 Å². The number of carbonyl (C=O) groups is 2. The minimum atomic E-state index is -1.37. The van der Waals surface area contributed by atoms with Crippen molar-refractivity contribution in [3.63, 3.8) is 0 Å². The number of amides is 1. The van der Waals surface area contributed by atoms with Crippen LogP contribution in [0.15, 0.2) is 18.2 Å². The highest BCUT2D eigenvalue weighted by atomic mass is 19.2. The molecule has 2 N–H and O–H groups in total. The first-order valence-corrected chi connectivity index (χ1v) is 5.62. The number of rotatable bonds is 3. The Balaban J connectivity index is 3.01. The molecule has 104 valence electrons. The maximum atomic E-state index is 13.4. The van der Waals surface area contributed by atoms with Crippen molar-refractivity contribution in [3.8, 4) is 0 Å². The number of nitrogens with one attached hydrogen (secondary N) is 1. The molecule has 0 aliphatic carbocycles. The Labute approximate surface area is 109 Å². The van der Waals surface area contributed by atoms with E-state index in [1.807, 2.05) is 0 Å². The van der Waals surface area contributed by atoms with E-state index in [0.29, 0.717) is 0 Å². The van der Waals surface area contributed by atoms with Gasteiger partial charge in [0.25, 0.3) is 0 Å². The van der Waals surface area contributed by atoms with Crippen molar-refractivity contribution in [1.29, 1.82) is 0 Å². The molecule has 0 radical (unpaired) electrons. The topological polar surface area (TPSA) is 66.4 Å². The number of aliphatic carboxylic acids is 1. The number of hydrogen-bond acceptors (Lipinski definition) is 2. The Bertz CT molecular complexity index is 509. The van der Waals surface area contributed by atoms with Crippen LogP contribution in [0.5, 0.6) is 0 Å². The zero-order valence-corrected chi connectivity index (χ0v) is 10.8. The van der Waals surface area contributed by atoms with E-state index in [2.05, 4.69) is 5.32 Å². The number of benzene rings is 1. The van der Waals surface area contributed by atoms with Crippen molar-refractivity contribution in [3.05, 3.63) is 29.8 Å². The quantitative estimate of drug-likeness (QED) is 0.830. The number of carboxylic acid groups (broad SMARTS) is 1. The molecule has 6 heteroatoms. The van der Waals surface area contributed by atoms with Crippen molar-refractivity contribution in [2.45, 2.75) is 20.8 Å². The van der Waals surface area contributed by atoms with Crippen molar-refractivity contribution in [2.75, 3.05) is 5.32 Å². The fourth-order valence-electron chi connectivity index (χ4n) is 1.68. The van der Waals surface area contributed by atoms with Crippen LogP contribution in [-0.4, -0.2) is 17.0 Å². The highest BCUT2D eigenvalue weighted by Crippen LogP contribution is 2.28. The molecule has 4 nitrogen and oxygen atoms in total. The molecule has 0 heterocycles. The van der Waals surface area contributed by atoms with Gasteiger partial charge in [-0.2, -0.15) is 0 Å². The Morgan fingerprint density at radius 3 is 2.32 bits per heavy atom. The van der Waals surface area contributed by atoms with Gasteiger partial charge in [-0.25, -0.2) is 8.78 Å². The predicted molar refractivity (Wildman–Crippen MR) is 65.6 cm³/mol. The third-order valence-electron chi connectivity index (χ3n) is 2.58. The van der Waals surface area contributed by atoms with E-state index < -0.39 is 34.8 Å². The number of halogens is 2. The summed E-state index contributed by atoms with van der Waals surface area (Å²) >= 11 is 0. The van der Waals surface area contributed by atoms with E-state index >= 15 is 0 Å². The van der Waals surface area contributed by atoms with Crippen LogP contribution < -0.4 is 5.32 Å².